The fraction of sp³-hybridized carbons (Fsp3) is 0.385. The van der Waals surface area contributed by atoms with Crippen LogP contribution in [-0.4, -0.2) is 7.05 Å². The maximum atomic E-state index is 13.7. The molecule has 1 aromatic carbocycles. The predicted molar refractivity (Wildman–Crippen MR) is 69.9 cm³/mol. The van der Waals surface area contributed by atoms with Crippen LogP contribution in [0, 0.1) is 5.82 Å². The Kier molecular flexibility index (Phi) is 5.16. The lowest BCUT2D eigenvalue weighted by Gasteiger charge is -2.18. The van der Waals surface area contributed by atoms with Crippen molar-refractivity contribution in [1.29, 1.82) is 0 Å². The number of nitrogens with one attached hydrogen (secondary N) is 1. The molecule has 88 valence electrons. The van der Waals surface area contributed by atoms with Crippen molar-refractivity contribution in [2.24, 2.45) is 0 Å². The molecule has 0 heterocycles. The van der Waals surface area contributed by atoms with Gasteiger partial charge in [-0.3, -0.25) is 0 Å². The van der Waals surface area contributed by atoms with Crippen LogP contribution in [0.5, 0.6) is 0 Å². The molecule has 1 atom stereocenters. The number of hydrogen-bond acceptors (Lipinski definition) is 1. The monoisotopic (exact) mass is 285 g/mol. The van der Waals surface area contributed by atoms with Gasteiger partial charge in [0.1, 0.15) is 5.82 Å². The minimum absolute atomic E-state index is 0.000509. The van der Waals surface area contributed by atoms with Gasteiger partial charge in [-0.25, -0.2) is 4.39 Å². The van der Waals surface area contributed by atoms with Crippen molar-refractivity contribution in [3.8, 4) is 0 Å². The SMILES string of the molecule is C=C(CC)CC(NC)c1ccc(Br)cc1F. The molecular weight excluding hydrogens is 269 g/mol. The zero-order chi connectivity index (χ0) is 12.1. The first kappa shape index (κ1) is 13.4. The molecule has 1 N–H and O–H groups in total. The van der Waals surface area contributed by atoms with Gasteiger partial charge in [-0.15, -0.1) is 0 Å². The molecule has 0 amide bonds. The molecule has 1 aromatic rings. The molecule has 0 aromatic heterocycles. The molecule has 3 heteroatoms. The summed E-state index contributed by atoms with van der Waals surface area (Å²) < 4.78 is 14.5. The average molecular weight is 286 g/mol. The Morgan fingerprint density at radius 3 is 2.75 bits per heavy atom. The largest absolute Gasteiger partial charge is 0.313 e. The van der Waals surface area contributed by atoms with Crippen LogP contribution < -0.4 is 5.32 Å². The highest BCUT2D eigenvalue weighted by molar-refractivity contribution is 9.10. The molecule has 0 spiro atoms. The van der Waals surface area contributed by atoms with E-state index in [-0.39, 0.29) is 11.9 Å². The van der Waals surface area contributed by atoms with Crippen LogP contribution in [0.15, 0.2) is 34.8 Å². The first-order chi connectivity index (χ1) is 7.58. The third-order valence-electron chi connectivity index (χ3n) is 2.68. The van der Waals surface area contributed by atoms with Crippen LogP contribution >= 0.6 is 15.9 Å². The lowest BCUT2D eigenvalue weighted by atomic mass is 9.98. The summed E-state index contributed by atoms with van der Waals surface area (Å²) in [4.78, 5) is 0. The van der Waals surface area contributed by atoms with Gasteiger partial charge in [0.05, 0.1) is 0 Å². The molecule has 0 fully saturated rings. The quantitative estimate of drug-likeness (QED) is 0.800. The van der Waals surface area contributed by atoms with Crippen molar-refractivity contribution >= 4 is 15.9 Å². The van der Waals surface area contributed by atoms with Crippen LogP contribution in [0.3, 0.4) is 0 Å². The molecule has 0 aliphatic carbocycles. The third kappa shape index (κ3) is 3.42. The second-order valence-electron chi connectivity index (χ2n) is 3.81. The van der Waals surface area contributed by atoms with Gasteiger partial charge in [-0.1, -0.05) is 41.1 Å². The van der Waals surface area contributed by atoms with E-state index in [9.17, 15) is 4.39 Å². The summed E-state index contributed by atoms with van der Waals surface area (Å²) in [6.07, 6.45) is 1.70. The maximum absolute atomic E-state index is 13.7. The average Bonchev–Trinajstić information content (AvgIpc) is 2.26. The van der Waals surface area contributed by atoms with Crippen molar-refractivity contribution in [3.05, 3.63) is 46.2 Å². The van der Waals surface area contributed by atoms with E-state index in [2.05, 4.69) is 34.7 Å². The third-order valence-corrected chi connectivity index (χ3v) is 3.17. The molecule has 0 saturated carbocycles. The number of rotatable bonds is 5. The number of halogens is 2. The zero-order valence-corrected chi connectivity index (χ0v) is 11.3. The minimum atomic E-state index is -0.183. The van der Waals surface area contributed by atoms with Crippen LogP contribution in [0.2, 0.25) is 0 Å². The highest BCUT2D eigenvalue weighted by Gasteiger charge is 2.14. The van der Waals surface area contributed by atoms with Gasteiger partial charge < -0.3 is 5.32 Å². The van der Waals surface area contributed by atoms with E-state index in [1.165, 1.54) is 6.07 Å². The Bertz CT molecular complexity index is 376. The number of benzene rings is 1. The van der Waals surface area contributed by atoms with Crippen LogP contribution in [0.4, 0.5) is 4.39 Å². The van der Waals surface area contributed by atoms with Gasteiger partial charge in [0, 0.05) is 16.1 Å². The Balaban J connectivity index is 2.90. The summed E-state index contributed by atoms with van der Waals surface area (Å²) in [7, 11) is 1.84. The summed E-state index contributed by atoms with van der Waals surface area (Å²) in [6.45, 7) is 6.02. The van der Waals surface area contributed by atoms with Crippen molar-refractivity contribution in [2.75, 3.05) is 7.05 Å². The van der Waals surface area contributed by atoms with Crippen LogP contribution in [0.1, 0.15) is 31.4 Å². The smallest absolute Gasteiger partial charge is 0.129 e. The van der Waals surface area contributed by atoms with Gasteiger partial charge in [0.2, 0.25) is 0 Å². The van der Waals surface area contributed by atoms with Crippen molar-refractivity contribution in [2.45, 2.75) is 25.8 Å². The minimum Gasteiger partial charge on any atom is -0.313 e. The second-order valence-corrected chi connectivity index (χ2v) is 4.73. The van der Waals surface area contributed by atoms with Gasteiger partial charge in [-0.2, -0.15) is 0 Å². The number of hydrogen-bond donors (Lipinski definition) is 1. The first-order valence-electron chi connectivity index (χ1n) is 5.37. The van der Waals surface area contributed by atoms with E-state index < -0.39 is 0 Å². The van der Waals surface area contributed by atoms with Gasteiger partial charge in [0.25, 0.3) is 0 Å². The fourth-order valence-corrected chi connectivity index (χ4v) is 1.92. The molecule has 0 aliphatic heterocycles. The normalized spacial score (nSPS) is 12.5. The Morgan fingerprint density at radius 1 is 1.56 bits per heavy atom. The highest BCUT2D eigenvalue weighted by atomic mass is 79.9. The molecule has 1 rings (SSSR count). The van der Waals surface area contributed by atoms with E-state index in [4.69, 9.17) is 0 Å². The van der Waals surface area contributed by atoms with Crippen molar-refractivity contribution in [1.82, 2.24) is 5.32 Å². The second kappa shape index (κ2) is 6.16. The van der Waals surface area contributed by atoms with E-state index in [1.807, 2.05) is 19.2 Å². The van der Waals surface area contributed by atoms with E-state index in [0.29, 0.717) is 5.56 Å². The lowest BCUT2D eigenvalue weighted by Crippen LogP contribution is -2.18. The molecule has 1 nitrogen and oxygen atoms in total. The topological polar surface area (TPSA) is 12.0 Å². The summed E-state index contributed by atoms with van der Waals surface area (Å²) in [6, 6.07) is 5.16. The van der Waals surface area contributed by atoms with E-state index in [1.54, 1.807) is 0 Å². The van der Waals surface area contributed by atoms with Gasteiger partial charge in [-0.05, 0) is 32.0 Å². The van der Waals surface area contributed by atoms with E-state index in [0.717, 1.165) is 22.9 Å². The van der Waals surface area contributed by atoms with Crippen LogP contribution in [-0.2, 0) is 0 Å². The zero-order valence-electron chi connectivity index (χ0n) is 9.69. The standard InChI is InChI=1S/C13H17BrFN/c1-4-9(2)7-13(16-3)11-6-5-10(14)8-12(11)15/h5-6,8,13,16H,2,4,7H2,1,3H3. The molecule has 0 bridgehead atoms. The first-order valence-corrected chi connectivity index (χ1v) is 6.16. The summed E-state index contributed by atoms with van der Waals surface area (Å²) in [5, 5.41) is 3.13. The van der Waals surface area contributed by atoms with E-state index >= 15 is 0 Å². The molecular formula is C13H17BrFN. The predicted octanol–water partition coefficient (Wildman–Crippen LogP) is 4.21. The maximum Gasteiger partial charge on any atom is 0.129 e. The highest BCUT2D eigenvalue weighted by Crippen LogP contribution is 2.25. The molecule has 0 radical (unpaired) electrons. The molecule has 16 heavy (non-hydrogen) atoms. The van der Waals surface area contributed by atoms with Crippen LogP contribution in [0.25, 0.3) is 0 Å². The summed E-state index contributed by atoms with van der Waals surface area (Å²) in [5.74, 6) is -0.183. The Morgan fingerprint density at radius 2 is 2.25 bits per heavy atom. The molecule has 1 unspecified atom stereocenters. The molecule has 0 saturated heterocycles. The Labute approximate surface area is 105 Å². The summed E-state index contributed by atoms with van der Waals surface area (Å²) in [5.41, 5.74) is 1.82. The fourth-order valence-electron chi connectivity index (χ4n) is 1.58. The van der Waals surface area contributed by atoms with Gasteiger partial charge in [0.15, 0.2) is 0 Å². The summed E-state index contributed by atoms with van der Waals surface area (Å²) >= 11 is 3.25. The molecule has 0 aliphatic rings. The van der Waals surface area contributed by atoms with Crippen molar-refractivity contribution in [3.63, 3.8) is 0 Å². The lowest BCUT2D eigenvalue weighted by molar-refractivity contribution is 0.529. The Hall–Kier alpha value is -0.670. The van der Waals surface area contributed by atoms with Crippen molar-refractivity contribution < 1.29 is 4.39 Å². The van der Waals surface area contributed by atoms with Gasteiger partial charge >= 0.3 is 0 Å².